The van der Waals surface area contributed by atoms with Crippen LogP contribution in [0.5, 0.6) is 11.5 Å². The first-order valence-electron chi connectivity index (χ1n) is 13.7. The molecule has 2 unspecified atom stereocenters. The predicted molar refractivity (Wildman–Crippen MR) is 165 cm³/mol. The van der Waals surface area contributed by atoms with Crippen molar-refractivity contribution in [1.82, 2.24) is 14.9 Å². The molecular weight excluding hydrogens is 514 g/mol. The monoisotopic (exact) mass is 555 g/mol. The van der Waals surface area contributed by atoms with Crippen LogP contribution in [0.2, 0.25) is 0 Å². The number of rotatable bonds is 11. The van der Waals surface area contributed by atoms with Gasteiger partial charge in [0.25, 0.3) is 0 Å². The third-order valence-corrected chi connectivity index (χ3v) is 7.03. The summed E-state index contributed by atoms with van der Waals surface area (Å²) in [6.45, 7) is 7.99. The molecule has 4 aromatic rings. The number of para-hydroxylation sites is 1. The lowest BCUT2D eigenvalue weighted by Gasteiger charge is -2.23. The first kappa shape index (κ1) is 31.4. The van der Waals surface area contributed by atoms with Crippen LogP contribution < -0.4 is 10.5 Å². The first-order valence-corrected chi connectivity index (χ1v) is 13.7. The molecular formula is C33H41N5O3. The van der Waals surface area contributed by atoms with Crippen molar-refractivity contribution in [3.05, 3.63) is 113 Å². The zero-order valence-electron chi connectivity index (χ0n) is 24.3. The third-order valence-electron chi connectivity index (χ3n) is 7.03. The number of anilines is 1. The van der Waals surface area contributed by atoms with Crippen LogP contribution in [-0.4, -0.2) is 64.1 Å². The van der Waals surface area contributed by atoms with E-state index in [1.54, 1.807) is 0 Å². The van der Waals surface area contributed by atoms with Gasteiger partial charge in [0.05, 0.1) is 30.2 Å². The maximum Gasteiger partial charge on any atom is 0.136 e. The number of aryl methyl sites for hydroxylation is 1. The summed E-state index contributed by atoms with van der Waals surface area (Å²) in [5.74, 6) is 2.04. The minimum absolute atomic E-state index is 0.0500. The van der Waals surface area contributed by atoms with E-state index in [-0.39, 0.29) is 25.0 Å². The second-order valence-corrected chi connectivity index (χ2v) is 10.1. The maximum absolute atomic E-state index is 8.91. The SMILES string of the molecule is CN(CCO)CCO.Cc1ccc(C(C)C(C)c2ncnc(N)c2C(=N)c2ccc(Oc3ccccc3)cc2)cc1. The summed E-state index contributed by atoms with van der Waals surface area (Å²) in [6, 6.07) is 25.6. The van der Waals surface area contributed by atoms with Crippen molar-refractivity contribution >= 4 is 11.5 Å². The van der Waals surface area contributed by atoms with Gasteiger partial charge in [-0.2, -0.15) is 0 Å². The Balaban J connectivity index is 0.000000507. The van der Waals surface area contributed by atoms with Crippen molar-refractivity contribution in [2.45, 2.75) is 32.6 Å². The summed E-state index contributed by atoms with van der Waals surface area (Å²) >= 11 is 0. The standard InChI is InChI=1S/C28H28N4O.C5H13NO2/c1-18-9-11-21(12-10-18)19(2)20(3)27-25(28(30)32-17-31-27)26(29)22-13-15-24(16-14-22)33-23-7-5-4-6-8-23;1-6(2-4-7)3-5-8/h4-17,19-20,29H,1-3H3,(H2,30,31,32);7-8H,2-5H2,1H3. The molecule has 2 atom stereocenters. The number of aliphatic hydroxyl groups is 2. The number of aromatic nitrogens is 2. The first-order chi connectivity index (χ1) is 19.7. The van der Waals surface area contributed by atoms with Gasteiger partial charge >= 0.3 is 0 Å². The Labute approximate surface area is 243 Å². The quantitative estimate of drug-likeness (QED) is 0.183. The van der Waals surface area contributed by atoms with Gasteiger partial charge in [-0.25, -0.2) is 9.97 Å². The molecule has 0 spiro atoms. The number of benzene rings is 3. The van der Waals surface area contributed by atoms with E-state index in [4.69, 9.17) is 26.1 Å². The van der Waals surface area contributed by atoms with Crippen molar-refractivity contribution in [1.29, 1.82) is 5.41 Å². The van der Waals surface area contributed by atoms with Crippen LogP contribution in [0.4, 0.5) is 5.82 Å². The fourth-order valence-corrected chi connectivity index (χ4v) is 4.32. The predicted octanol–water partition coefficient (Wildman–Crippen LogP) is 5.39. The third kappa shape index (κ3) is 8.94. The molecule has 0 saturated carbocycles. The van der Waals surface area contributed by atoms with E-state index in [0.717, 1.165) is 17.0 Å². The van der Waals surface area contributed by atoms with Crippen LogP contribution >= 0.6 is 0 Å². The maximum atomic E-state index is 8.91. The molecule has 8 nitrogen and oxygen atoms in total. The Bertz CT molecular complexity index is 1360. The fraction of sp³-hybridized carbons (Fsp3) is 0.303. The van der Waals surface area contributed by atoms with E-state index in [1.807, 2.05) is 66.5 Å². The molecule has 41 heavy (non-hydrogen) atoms. The molecule has 3 aromatic carbocycles. The number of nitrogen functional groups attached to an aromatic ring is 1. The van der Waals surface area contributed by atoms with Crippen molar-refractivity contribution in [3.63, 3.8) is 0 Å². The van der Waals surface area contributed by atoms with Gasteiger partial charge in [0, 0.05) is 24.6 Å². The Morgan fingerprint density at radius 1 is 0.854 bits per heavy atom. The van der Waals surface area contributed by atoms with E-state index < -0.39 is 0 Å². The number of likely N-dealkylation sites (N-methyl/N-ethyl adjacent to an activating group) is 1. The summed E-state index contributed by atoms with van der Waals surface area (Å²) in [5.41, 5.74) is 11.1. The minimum Gasteiger partial charge on any atom is -0.457 e. The molecule has 0 bridgehead atoms. The lowest BCUT2D eigenvalue weighted by atomic mass is 9.83. The summed E-state index contributed by atoms with van der Waals surface area (Å²) in [7, 11) is 1.85. The Morgan fingerprint density at radius 2 is 1.44 bits per heavy atom. The number of ether oxygens (including phenoxy) is 1. The highest BCUT2D eigenvalue weighted by atomic mass is 16.5. The smallest absolute Gasteiger partial charge is 0.136 e. The van der Waals surface area contributed by atoms with Gasteiger partial charge in [-0.15, -0.1) is 0 Å². The highest BCUT2D eigenvalue weighted by molar-refractivity contribution is 6.14. The number of nitrogens with two attached hydrogens (primary N) is 1. The van der Waals surface area contributed by atoms with E-state index in [2.05, 4.69) is 55.0 Å². The van der Waals surface area contributed by atoms with Gasteiger partial charge in [0.1, 0.15) is 23.6 Å². The van der Waals surface area contributed by atoms with Crippen LogP contribution in [0.3, 0.4) is 0 Å². The molecule has 0 aliphatic carbocycles. The highest BCUT2D eigenvalue weighted by Crippen LogP contribution is 2.35. The van der Waals surface area contributed by atoms with Crippen LogP contribution in [0, 0.1) is 12.3 Å². The highest BCUT2D eigenvalue weighted by Gasteiger charge is 2.25. The minimum atomic E-state index is 0.0500. The number of hydrogen-bond donors (Lipinski definition) is 4. The van der Waals surface area contributed by atoms with Crippen LogP contribution in [0.15, 0.2) is 85.2 Å². The average molecular weight is 556 g/mol. The van der Waals surface area contributed by atoms with Crippen LogP contribution in [-0.2, 0) is 0 Å². The molecule has 216 valence electrons. The fourth-order valence-electron chi connectivity index (χ4n) is 4.32. The van der Waals surface area contributed by atoms with E-state index >= 15 is 0 Å². The van der Waals surface area contributed by atoms with Crippen molar-refractivity contribution in [3.8, 4) is 11.5 Å². The zero-order valence-corrected chi connectivity index (χ0v) is 24.3. The van der Waals surface area contributed by atoms with Gasteiger partial charge in [-0.1, -0.05) is 61.9 Å². The number of aliphatic hydroxyl groups excluding tert-OH is 2. The van der Waals surface area contributed by atoms with Crippen molar-refractivity contribution in [2.24, 2.45) is 0 Å². The molecule has 0 amide bonds. The molecule has 0 aliphatic rings. The lowest BCUT2D eigenvalue weighted by Crippen LogP contribution is -2.25. The Hall–Kier alpha value is -4.11. The summed E-state index contributed by atoms with van der Waals surface area (Å²) in [6.07, 6.45) is 1.48. The van der Waals surface area contributed by atoms with E-state index in [9.17, 15) is 0 Å². The summed E-state index contributed by atoms with van der Waals surface area (Å²) in [5, 5.41) is 25.6. The number of hydrogen-bond acceptors (Lipinski definition) is 8. The lowest BCUT2D eigenvalue weighted by molar-refractivity contribution is 0.184. The molecule has 1 heterocycles. The molecule has 4 rings (SSSR count). The molecule has 8 heteroatoms. The molecule has 0 aliphatic heterocycles. The number of nitrogens with zero attached hydrogens (tertiary/aromatic N) is 3. The Morgan fingerprint density at radius 3 is 2.02 bits per heavy atom. The average Bonchev–Trinajstić information content (AvgIpc) is 2.98. The van der Waals surface area contributed by atoms with Crippen molar-refractivity contribution in [2.75, 3.05) is 39.1 Å². The van der Waals surface area contributed by atoms with Gasteiger partial charge in [-0.3, -0.25) is 5.41 Å². The van der Waals surface area contributed by atoms with Crippen LogP contribution in [0.25, 0.3) is 0 Å². The zero-order chi connectivity index (χ0) is 29.8. The van der Waals surface area contributed by atoms with Crippen molar-refractivity contribution < 1.29 is 14.9 Å². The van der Waals surface area contributed by atoms with Crippen LogP contribution in [0.1, 0.15) is 53.6 Å². The van der Waals surface area contributed by atoms with Gasteiger partial charge < -0.3 is 25.6 Å². The van der Waals surface area contributed by atoms with Gasteiger partial charge in [0.15, 0.2) is 0 Å². The summed E-state index contributed by atoms with van der Waals surface area (Å²) in [4.78, 5) is 10.6. The Kier molecular flexibility index (Phi) is 12.0. The second-order valence-electron chi connectivity index (χ2n) is 10.1. The van der Waals surface area contributed by atoms with Gasteiger partial charge in [0.2, 0.25) is 0 Å². The molecule has 1 aromatic heterocycles. The second kappa shape index (κ2) is 15.6. The molecule has 0 fully saturated rings. The topological polar surface area (TPSA) is 129 Å². The molecule has 0 saturated heterocycles. The number of nitrogens with one attached hydrogen (secondary N) is 1. The molecule has 5 N–H and O–H groups in total. The molecule has 0 radical (unpaired) electrons. The van der Waals surface area contributed by atoms with E-state index in [1.165, 1.54) is 17.5 Å². The normalized spacial score (nSPS) is 12.3. The summed E-state index contributed by atoms with van der Waals surface area (Å²) < 4.78 is 5.87. The van der Waals surface area contributed by atoms with Gasteiger partial charge in [-0.05, 0) is 61.9 Å². The largest absolute Gasteiger partial charge is 0.457 e. The van der Waals surface area contributed by atoms with E-state index in [0.29, 0.717) is 35.9 Å².